The molecule has 2 aliphatic rings. The van der Waals surface area contributed by atoms with Crippen molar-refractivity contribution in [2.24, 2.45) is 0 Å². The summed E-state index contributed by atoms with van der Waals surface area (Å²) in [4.78, 5) is 29.4. The molecule has 33 heavy (non-hydrogen) atoms. The van der Waals surface area contributed by atoms with E-state index in [9.17, 15) is 9.59 Å². The number of rotatable bonds is 5. The Labute approximate surface area is 195 Å². The third kappa shape index (κ3) is 5.34. The number of carbonyl (C=O) groups excluding carboxylic acids is 2. The average molecular weight is 449 g/mol. The van der Waals surface area contributed by atoms with Gasteiger partial charge in [-0.25, -0.2) is 4.79 Å². The fraction of sp³-hybridized carbons (Fsp3) is 0.407. The lowest BCUT2D eigenvalue weighted by Crippen LogP contribution is -2.57. The number of amides is 1. The van der Waals surface area contributed by atoms with Crippen molar-refractivity contribution in [3.8, 4) is 0 Å². The van der Waals surface area contributed by atoms with E-state index in [2.05, 4.69) is 30.9 Å². The standard InChI is InChI=1S/C27H32N2O4/c1-19-16-28(26(30)25-6-4-5-24(15-25)22-11-13-33-14-12-22)17-20(2)29(19)18-21-7-9-23(10-8-21)27(31)32-3/h4-11,15,19-20H,12-14,16-18H2,1-3H3/t19-,20+. The first-order valence-electron chi connectivity index (χ1n) is 11.6. The van der Waals surface area contributed by atoms with E-state index in [4.69, 9.17) is 9.47 Å². The van der Waals surface area contributed by atoms with Gasteiger partial charge in [-0.3, -0.25) is 9.69 Å². The van der Waals surface area contributed by atoms with E-state index < -0.39 is 0 Å². The molecule has 2 heterocycles. The monoisotopic (exact) mass is 448 g/mol. The Balaban J connectivity index is 1.42. The van der Waals surface area contributed by atoms with Crippen LogP contribution < -0.4 is 0 Å². The van der Waals surface area contributed by atoms with Crippen LogP contribution in [-0.2, 0) is 16.0 Å². The lowest BCUT2D eigenvalue weighted by atomic mass is 9.98. The van der Waals surface area contributed by atoms with Gasteiger partial charge in [-0.1, -0.05) is 30.3 Å². The van der Waals surface area contributed by atoms with Gasteiger partial charge in [0.15, 0.2) is 0 Å². The van der Waals surface area contributed by atoms with E-state index in [0.29, 0.717) is 25.3 Å². The van der Waals surface area contributed by atoms with Crippen LogP contribution in [0.1, 0.15) is 52.1 Å². The van der Waals surface area contributed by atoms with Crippen molar-refractivity contribution in [3.05, 3.63) is 76.9 Å². The molecule has 0 bridgehead atoms. The molecule has 0 saturated carbocycles. The molecule has 2 aromatic rings. The molecule has 0 aromatic heterocycles. The van der Waals surface area contributed by atoms with Crippen molar-refractivity contribution in [2.45, 2.75) is 38.9 Å². The van der Waals surface area contributed by atoms with Gasteiger partial charge in [0, 0.05) is 37.3 Å². The first kappa shape index (κ1) is 23.2. The molecule has 1 fully saturated rings. The highest BCUT2D eigenvalue weighted by atomic mass is 16.5. The van der Waals surface area contributed by atoms with Crippen LogP contribution in [0.4, 0.5) is 0 Å². The van der Waals surface area contributed by atoms with Gasteiger partial charge >= 0.3 is 5.97 Å². The number of esters is 1. The third-order valence-corrected chi connectivity index (χ3v) is 6.57. The Morgan fingerprint density at radius 2 is 1.76 bits per heavy atom. The summed E-state index contributed by atoms with van der Waals surface area (Å²) in [6.45, 7) is 7.85. The van der Waals surface area contributed by atoms with Gasteiger partial charge in [0.05, 0.1) is 25.9 Å². The highest BCUT2D eigenvalue weighted by Crippen LogP contribution is 2.25. The Bertz CT molecular complexity index is 1020. The second-order valence-corrected chi connectivity index (χ2v) is 8.90. The second kappa shape index (κ2) is 10.3. The summed E-state index contributed by atoms with van der Waals surface area (Å²) >= 11 is 0. The molecule has 0 unspecified atom stereocenters. The van der Waals surface area contributed by atoms with Crippen LogP contribution in [0.2, 0.25) is 0 Å². The van der Waals surface area contributed by atoms with Crippen LogP contribution in [0.5, 0.6) is 0 Å². The minimum atomic E-state index is -0.326. The van der Waals surface area contributed by atoms with Crippen LogP contribution in [-0.4, -0.2) is 67.2 Å². The predicted octanol–water partition coefficient (Wildman–Crippen LogP) is 4.01. The number of hydrogen-bond donors (Lipinski definition) is 0. The van der Waals surface area contributed by atoms with Gasteiger partial charge in [0.2, 0.25) is 0 Å². The van der Waals surface area contributed by atoms with Crippen LogP contribution in [0, 0.1) is 0 Å². The van der Waals surface area contributed by atoms with Gasteiger partial charge < -0.3 is 14.4 Å². The maximum atomic E-state index is 13.3. The molecule has 0 N–H and O–H groups in total. The average Bonchev–Trinajstić information content (AvgIpc) is 2.86. The normalized spacial score (nSPS) is 21.4. The molecule has 1 amide bonds. The van der Waals surface area contributed by atoms with Crippen molar-refractivity contribution in [1.82, 2.24) is 9.80 Å². The number of piperazine rings is 1. The maximum Gasteiger partial charge on any atom is 0.337 e. The summed E-state index contributed by atoms with van der Waals surface area (Å²) in [7, 11) is 1.39. The summed E-state index contributed by atoms with van der Waals surface area (Å²) in [5.74, 6) is -0.238. The van der Waals surface area contributed by atoms with Gasteiger partial charge in [-0.05, 0) is 61.2 Å². The molecule has 6 nitrogen and oxygen atoms in total. The SMILES string of the molecule is COC(=O)c1ccc(CN2[C@H](C)CN(C(=O)c3cccc(C4=CCOCC4)c3)C[C@@H]2C)cc1. The maximum absolute atomic E-state index is 13.3. The summed E-state index contributed by atoms with van der Waals surface area (Å²) in [5, 5.41) is 0. The van der Waals surface area contributed by atoms with Gasteiger partial charge in [0.1, 0.15) is 0 Å². The van der Waals surface area contributed by atoms with Crippen molar-refractivity contribution in [1.29, 1.82) is 0 Å². The lowest BCUT2D eigenvalue weighted by molar-refractivity contribution is 0.0269. The minimum absolute atomic E-state index is 0.0882. The van der Waals surface area contributed by atoms with Crippen LogP contribution >= 0.6 is 0 Å². The molecular formula is C27H32N2O4. The highest BCUT2D eigenvalue weighted by molar-refractivity contribution is 5.95. The first-order chi connectivity index (χ1) is 16.0. The number of ether oxygens (including phenoxy) is 2. The van der Waals surface area contributed by atoms with Crippen molar-refractivity contribution < 1.29 is 19.1 Å². The Kier molecular flexibility index (Phi) is 7.26. The largest absolute Gasteiger partial charge is 0.465 e. The summed E-state index contributed by atoms with van der Waals surface area (Å²) < 4.78 is 10.2. The molecule has 4 rings (SSSR count). The predicted molar refractivity (Wildman–Crippen MR) is 128 cm³/mol. The Morgan fingerprint density at radius 1 is 1.03 bits per heavy atom. The molecule has 1 saturated heterocycles. The molecule has 0 spiro atoms. The zero-order valence-electron chi connectivity index (χ0n) is 19.6. The molecule has 174 valence electrons. The zero-order chi connectivity index (χ0) is 23.4. The van der Waals surface area contributed by atoms with E-state index in [1.807, 2.05) is 35.2 Å². The molecular weight excluding hydrogens is 416 g/mol. The highest BCUT2D eigenvalue weighted by Gasteiger charge is 2.32. The number of hydrogen-bond acceptors (Lipinski definition) is 5. The van der Waals surface area contributed by atoms with Crippen molar-refractivity contribution in [2.75, 3.05) is 33.4 Å². The van der Waals surface area contributed by atoms with Crippen molar-refractivity contribution >= 4 is 17.4 Å². The fourth-order valence-electron chi connectivity index (χ4n) is 4.73. The summed E-state index contributed by atoms with van der Waals surface area (Å²) in [6, 6.07) is 16.0. The van der Waals surface area contributed by atoms with Gasteiger partial charge in [-0.2, -0.15) is 0 Å². The van der Waals surface area contributed by atoms with Gasteiger partial charge in [-0.15, -0.1) is 0 Å². The molecule has 0 radical (unpaired) electrons. The molecule has 2 atom stereocenters. The number of nitrogens with zero attached hydrogens (tertiary/aromatic N) is 2. The van der Waals surface area contributed by atoms with Crippen LogP contribution in [0.25, 0.3) is 5.57 Å². The van der Waals surface area contributed by atoms with Gasteiger partial charge in [0.25, 0.3) is 5.91 Å². The Morgan fingerprint density at radius 3 is 2.39 bits per heavy atom. The zero-order valence-corrected chi connectivity index (χ0v) is 19.6. The number of carbonyl (C=O) groups is 2. The second-order valence-electron chi connectivity index (χ2n) is 8.90. The van der Waals surface area contributed by atoms with E-state index in [1.165, 1.54) is 12.7 Å². The first-order valence-corrected chi connectivity index (χ1v) is 11.6. The molecule has 6 heteroatoms. The van der Waals surface area contributed by atoms with Crippen LogP contribution in [0.15, 0.2) is 54.6 Å². The number of benzene rings is 2. The van der Waals surface area contributed by atoms with E-state index in [1.54, 1.807) is 12.1 Å². The van der Waals surface area contributed by atoms with Crippen molar-refractivity contribution in [3.63, 3.8) is 0 Å². The molecule has 0 aliphatic carbocycles. The lowest BCUT2D eigenvalue weighted by Gasteiger charge is -2.44. The smallest absolute Gasteiger partial charge is 0.337 e. The Hall–Kier alpha value is -2.96. The number of methoxy groups -OCH3 is 1. The fourth-order valence-corrected chi connectivity index (χ4v) is 4.73. The molecule has 2 aromatic carbocycles. The molecule has 2 aliphatic heterocycles. The summed E-state index contributed by atoms with van der Waals surface area (Å²) in [6.07, 6.45) is 2.98. The topological polar surface area (TPSA) is 59.1 Å². The minimum Gasteiger partial charge on any atom is -0.465 e. The third-order valence-electron chi connectivity index (χ3n) is 6.57. The van der Waals surface area contributed by atoms with Crippen LogP contribution in [0.3, 0.4) is 0 Å². The van der Waals surface area contributed by atoms with E-state index >= 15 is 0 Å². The van der Waals surface area contributed by atoms with E-state index in [-0.39, 0.29) is 24.0 Å². The quantitative estimate of drug-likeness (QED) is 0.647. The van der Waals surface area contributed by atoms with E-state index in [0.717, 1.165) is 36.3 Å². The summed E-state index contributed by atoms with van der Waals surface area (Å²) in [5.41, 5.74) is 4.79.